The van der Waals surface area contributed by atoms with E-state index in [0.29, 0.717) is 18.7 Å². The second-order valence-corrected chi connectivity index (χ2v) is 3.61. The van der Waals surface area contributed by atoms with Gasteiger partial charge in [0.1, 0.15) is 11.6 Å². The molecule has 1 rings (SSSR count). The van der Waals surface area contributed by atoms with Crippen LogP contribution >= 0.6 is 11.6 Å². The van der Waals surface area contributed by atoms with Crippen LogP contribution in [0.15, 0.2) is 18.2 Å². The normalized spacial score (nSPS) is 10.3. The van der Waals surface area contributed by atoms with E-state index in [0.717, 1.165) is 18.6 Å². The fourth-order valence-electron chi connectivity index (χ4n) is 1.26. The van der Waals surface area contributed by atoms with Crippen LogP contribution in [0.4, 0.5) is 4.39 Å². The number of aromatic hydroxyl groups is 1. The summed E-state index contributed by atoms with van der Waals surface area (Å²) in [6.07, 6.45) is 1.76. The molecule has 4 heteroatoms. The van der Waals surface area contributed by atoms with Gasteiger partial charge in [-0.25, -0.2) is 4.39 Å². The highest BCUT2D eigenvalue weighted by molar-refractivity contribution is 6.17. The minimum Gasteiger partial charge on any atom is -0.507 e. The van der Waals surface area contributed by atoms with Gasteiger partial charge in [0.2, 0.25) is 0 Å². The largest absolute Gasteiger partial charge is 0.507 e. The number of unbranched alkanes of at least 4 members (excludes halogenated alkanes) is 1. The highest BCUT2D eigenvalue weighted by Gasteiger charge is 2.10. The molecule has 0 radical (unpaired) electrons. The van der Waals surface area contributed by atoms with Gasteiger partial charge in [-0.15, -0.1) is 11.6 Å². The molecule has 0 aliphatic heterocycles. The average Bonchev–Trinajstić information content (AvgIpc) is 2.17. The number of halogens is 2. The quantitative estimate of drug-likeness (QED) is 0.479. The van der Waals surface area contributed by atoms with Gasteiger partial charge >= 0.3 is 0 Å². The Hall–Kier alpha value is -1.09. The van der Waals surface area contributed by atoms with Gasteiger partial charge < -0.3 is 5.11 Å². The number of benzene rings is 1. The van der Waals surface area contributed by atoms with E-state index in [2.05, 4.69) is 0 Å². The minimum absolute atomic E-state index is 0.172. The summed E-state index contributed by atoms with van der Waals surface area (Å²) < 4.78 is 12.6. The summed E-state index contributed by atoms with van der Waals surface area (Å²) in [6, 6.07) is 3.40. The smallest absolute Gasteiger partial charge is 0.166 e. The van der Waals surface area contributed by atoms with Crippen molar-refractivity contribution in [2.24, 2.45) is 0 Å². The lowest BCUT2D eigenvalue weighted by molar-refractivity contribution is 0.0977. The number of Topliss-reactive ketones (excluding diaryl/α,β-unsaturated/α-hetero) is 1. The Morgan fingerprint density at radius 3 is 2.73 bits per heavy atom. The summed E-state index contributed by atoms with van der Waals surface area (Å²) in [4.78, 5) is 11.5. The van der Waals surface area contributed by atoms with Crippen molar-refractivity contribution in [1.29, 1.82) is 0 Å². The van der Waals surface area contributed by atoms with Crippen molar-refractivity contribution in [1.82, 2.24) is 0 Å². The molecule has 0 fully saturated rings. The van der Waals surface area contributed by atoms with Crippen LogP contribution in [0.25, 0.3) is 0 Å². The number of alkyl halides is 1. The Bertz CT molecular complexity index is 352. The van der Waals surface area contributed by atoms with E-state index in [1.165, 1.54) is 6.07 Å². The summed E-state index contributed by atoms with van der Waals surface area (Å²) in [5.74, 6) is -0.517. The first kappa shape index (κ1) is 12.0. The van der Waals surface area contributed by atoms with E-state index in [1.54, 1.807) is 0 Å². The molecule has 0 unspecified atom stereocenters. The monoisotopic (exact) mass is 230 g/mol. The van der Waals surface area contributed by atoms with Gasteiger partial charge in [0.15, 0.2) is 5.78 Å². The number of phenolic OH excluding ortho intramolecular Hbond substituents is 1. The van der Waals surface area contributed by atoms with Crippen molar-refractivity contribution in [3.63, 3.8) is 0 Å². The molecule has 1 aromatic carbocycles. The molecule has 1 N–H and O–H groups in total. The maximum atomic E-state index is 12.6. The van der Waals surface area contributed by atoms with Crippen molar-refractivity contribution < 1.29 is 14.3 Å². The van der Waals surface area contributed by atoms with Gasteiger partial charge in [-0.2, -0.15) is 0 Å². The molecular formula is C11H12ClFO2. The first-order valence-electron chi connectivity index (χ1n) is 4.73. The number of hydrogen-bond acceptors (Lipinski definition) is 2. The molecule has 0 atom stereocenters. The summed E-state index contributed by atoms with van der Waals surface area (Å²) in [5, 5.41) is 9.33. The Morgan fingerprint density at radius 1 is 1.40 bits per heavy atom. The van der Waals surface area contributed by atoms with Crippen molar-refractivity contribution >= 4 is 17.4 Å². The lowest BCUT2D eigenvalue weighted by Crippen LogP contribution is -1.99. The molecule has 0 aliphatic rings. The molecule has 2 nitrogen and oxygen atoms in total. The van der Waals surface area contributed by atoms with E-state index in [-0.39, 0.29) is 17.1 Å². The highest BCUT2D eigenvalue weighted by Crippen LogP contribution is 2.20. The Kier molecular flexibility index (Phi) is 4.56. The molecule has 0 saturated heterocycles. The first-order chi connectivity index (χ1) is 7.15. The summed E-state index contributed by atoms with van der Waals surface area (Å²) in [7, 11) is 0. The Morgan fingerprint density at radius 2 is 2.13 bits per heavy atom. The Labute approximate surface area is 92.7 Å². The molecule has 0 aromatic heterocycles. The fourth-order valence-corrected chi connectivity index (χ4v) is 1.44. The number of carbonyl (C=O) groups excluding carboxylic acids is 1. The molecule has 0 heterocycles. The summed E-state index contributed by atoms with van der Waals surface area (Å²) in [5.41, 5.74) is 0.172. The van der Waals surface area contributed by atoms with E-state index >= 15 is 0 Å². The van der Waals surface area contributed by atoms with E-state index in [1.807, 2.05) is 0 Å². The van der Waals surface area contributed by atoms with E-state index < -0.39 is 5.82 Å². The van der Waals surface area contributed by atoms with Gasteiger partial charge in [0.25, 0.3) is 0 Å². The maximum absolute atomic E-state index is 12.6. The molecule has 0 aliphatic carbocycles. The number of carbonyl (C=O) groups is 1. The Balaban J connectivity index is 2.65. The van der Waals surface area contributed by atoms with Crippen LogP contribution in [0, 0.1) is 5.82 Å². The standard InChI is InChI=1S/C11H12ClFO2/c12-6-2-1-3-10(14)9-5-4-8(13)7-11(9)15/h4-5,7,15H,1-3,6H2. The molecule has 0 amide bonds. The van der Waals surface area contributed by atoms with Gasteiger partial charge in [-0.1, -0.05) is 0 Å². The third-order valence-corrected chi connectivity index (χ3v) is 2.31. The van der Waals surface area contributed by atoms with E-state index in [9.17, 15) is 14.3 Å². The number of phenols is 1. The summed E-state index contributed by atoms with van der Waals surface area (Å²) >= 11 is 5.47. The third-order valence-electron chi connectivity index (χ3n) is 2.05. The zero-order valence-electron chi connectivity index (χ0n) is 8.17. The SMILES string of the molecule is O=C(CCCCCl)c1ccc(F)cc1O. The number of ketones is 1. The second-order valence-electron chi connectivity index (χ2n) is 3.23. The summed E-state index contributed by atoms with van der Waals surface area (Å²) in [6.45, 7) is 0. The van der Waals surface area contributed by atoms with Crippen molar-refractivity contribution in [3.05, 3.63) is 29.6 Å². The second kappa shape index (κ2) is 5.71. The predicted molar refractivity (Wildman–Crippen MR) is 57.0 cm³/mol. The molecule has 1 aromatic rings. The highest BCUT2D eigenvalue weighted by atomic mass is 35.5. The number of hydrogen-bond donors (Lipinski definition) is 1. The van der Waals surface area contributed by atoms with Gasteiger partial charge in [0.05, 0.1) is 5.56 Å². The zero-order chi connectivity index (χ0) is 11.3. The zero-order valence-corrected chi connectivity index (χ0v) is 8.93. The van der Waals surface area contributed by atoms with Crippen molar-refractivity contribution in [3.8, 4) is 5.75 Å². The number of rotatable bonds is 5. The van der Waals surface area contributed by atoms with Crippen molar-refractivity contribution in [2.45, 2.75) is 19.3 Å². The van der Waals surface area contributed by atoms with Crippen LogP contribution in [-0.2, 0) is 0 Å². The van der Waals surface area contributed by atoms with Crippen molar-refractivity contribution in [2.75, 3.05) is 5.88 Å². The minimum atomic E-state index is -0.551. The molecule has 0 saturated carbocycles. The van der Waals surface area contributed by atoms with Crippen LogP contribution < -0.4 is 0 Å². The van der Waals surface area contributed by atoms with Crippen LogP contribution in [0.5, 0.6) is 5.75 Å². The van der Waals surface area contributed by atoms with Gasteiger partial charge in [0, 0.05) is 18.4 Å². The lowest BCUT2D eigenvalue weighted by atomic mass is 10.0. The average molecular weight is 231 g/mol. The van der Waals surface area contributed by atoms with Crippen LogP contribution in [-0.4, -0.2) is 16.8 Å². The van der Waals surface area contributed by atoms with Gasteiger partial charge in [-0.3, -0.25) is 4.79 Å². The van der Waals surface area contributed by atoms with Crippen LogP contribution in [0.2, 0.25) is 0 Å². The molecule has 0 spiro atoms. The predicted octanol–water partition coefficient (Wildman–Crippen LogP) is 3.12. The molecule has 15 heavy (non-hydrogen) atoms. The lowest BCUT2D eigenvalue weighted by Gasteiger charge is -2.03. The topological polar surface area (TPSA) is 37.3 Å². The van der Waals surface area contributed by atoms with Crippen LogP contribution in [0.1, 0.15) is 29.6 Å². The third kappa shape index (κ3) is 3.51. The molecule has 0 bridgehead atoms. The van der Waals surface area contributed by atoms with E-state index in [4.69, 9.17) is 11.6 Å². The molecule has 82 valence electrons. The van der Waals surface area contributed by atoms with Gasteiger partial charge in [-0.05, 0) is 25.0 Å². The van der Waals surface area contributed by atoms with Crippen LogP contribution in [0.3, 0.4) is 0 Å². The first-order valence-corrected chi connectivity index (χ1v) is 5.26. The fraction of sp³-hybridized carbons (Fsp3) is 0.364. The maximum Gasteiger partial charge on any atom is 0.166 e. The molecular weight excluding hydrogens is 219 g/mol.